The monoisotopic (exact) mass is 118 g/mol. The molecule has 0 fully saturated rings. The molecule has 2 nitrogen and oxygen atoms in total. The van der Waals surface area contributed by atoms with Gasteiger partial charge >= 0.3 is 7.69 Å². The maximum Gasteiger partial charge on any atom is 0.424 e. The third kappa shape index (κ3) is 6.20. The third-order valence-corrected chi connectivity index (χ3v) is 1.49. The fourth-order valence-electron chi connectivity index (χ4n) is 0.194. The summed E-state index contributed by atoms with van der Waals surface area (Å²) in [6.07, 6.45) is 0. The van der Waals surface area contributed by atoms with Crippen LogP contribution in [0.4, 0.5) is 0 Å². The van der Waals surface area contributed by atoms with Crippen molar-refractivity contribution < 1.29 is 9.37 Å². The molecule has 0 heterocycles. The first kappa shape index (κ1) is 7.20. The van der Waals surface area contributed by atoms with Crippen molar-refractivity contribution in [2.75, 3.05) is 0 Å². The van der Waals surface area contributed by atoms with E-state index >= 15 is 0 Å². The van der Waals surface area contributed by atoms with Crippen LogP contribution in [-0.4, -0.2) is 21.0 Å². The Hall–Kier alpha value is 0.202. The molecule has 42 valence electrons. The van der Waals surface area contributed by atoms with Crippen LogP contribution in [0.15, 0.2) is 0 Å². The van der Waals surface area contributed by atoms with E-state index in [2.05, 4.69) is 0 Å². The fraction of sp³-hybridized carbons (Fsp3) is 1.00. The summed E-state index contributed by atoms with van der Waals surface area (Å²) in [5, 5.41) is 8.21. The lowest BCUT2D eigenvalue weighted by atomic mass is 10.4. The Kier molecular flexibility index (Phi) is 2.57. The van der Waals surface area contributed by atoms with E-state index in [1.165, 1.54) is 0 Å². The molecule has 0 aliphatic rings. The predicted octanol–water partition coefficient (Wildman–Crippen LogP) is 0.0967. The summed E-state index contributed by atoms with van der Waals surface area (Å²) < 4.78 is 4.92. The summed E-state index contributed by atoms with van der Waals surface area (Å²) in [7, 11) is -1.54. The second-order valence-corrected chi connectivity index (χ2v) is 6.90. The molecule has 1 N–H and O–H groups in total. The van der Waals surface area contributed by atoms with Crippen LogP contribution < -0.4 is 0 Å². The molecule has 0 spiro atoms. The van der Waals surface area contributed by atoms with Gasteiger partial charge in [-0.2, -0.15) is 0 Å². The van der Waals surface area contributed by atoms with Crippen molar-refractivity contribution >= 4 is 16.0 Å². The minimum absolute atomic E-state index is 0.129. The maximum absolute atomic E-state index is 8.21. The summed E-state index contributed by atoms with van der Waals surface area (Å²) in [6, 6.07) is 0. The summed E-state index contributed by atoms with van der Waals surface area (Å²) >= 11 is 0. The topological polar surface area (TPSA) is 29.5 Å². The highest BCUT2D eigenvalue weighted by Crippen LogP contribution is 1.98. The van der Waals surface area contributed by atoms with Gasteiger partial charge in [0.1, 0.15) is 0 Å². The predicted molar refractivity (Wildman–Crippen MR) is 33.8 cm³/mol. The van der Waals surface area contributed by atoms with Crippen molar-refractivity contribution in [3.63, 3.8) is 0 Å². The molecule has 0 aromatic heterocycles. The Bertz CT molecular complexity index is 51.4. The van der Waals surface area contributed by atoms with Gasteiger partial charge in [-0.1, -0.05) is 0 Å². The first-order valence-corrected chi connectivity index (χ1v) is 5.72. The Morgan fingerprint density at radius 2 is 1.86 bits per heavy atom. The smallest absolute Gasteiger partial charge is 0.424 e. The average molecular weight is 118 g/mol. The number of hydrogen-bond donors (Lipinski definition) is 1. The van der Waals surface area contributed by atoms with Crippen molar-refractivity contribution in [2.24, 2.45) is 0 Å². The Morgan fingerprint density at radius 1 is 1.43 bits per heavy atom. The number of rotatable bonds is 2. The van der Waals surface area contributed by atoms with Gasteiger partial charge in [0.25, 0.3) is 0 Å². The highest BCUT2D eigenvalue weighted by molar-refractivity contribution is 6.73. The molecule has 0 amide bonds. The van der Waals surface area contributed by atoms with E-state index in [9.17, 15) is 0 Å². The van der Waals surface area contributed by atoms with Gasteiger partial charge in [0.05, 0.1) is 0 Å². The molecular formula is C3H11BO2Si. The molecular weight excluding hydrogens is 107 g/mol. The van der Waals surface area contributed by atoms with Gasteiger partial charge in [-0.15, -0.1) is 0 Å². The van der Waals surface area contributed by atoms with Crippen LogP contribution in [0.5, 0.6) is 0 Å². The molecule has 0 radical (unpaired) electrons. The van der Waals surface area contributed by atoms with Crippen molar-refractivity contribution in [3.8, 4) is 0 Å². The van der Waals surface area contributed by atoms with Gasteiger partial charge in [-0.3, -0.25) is 0 Å². The SMILES string of the molecule is C[Si](C)(C)OBO. The molecule has 7 heavy (non-hydrogen) atoms. The lowest BCUT2D eigenvalue weighted by Crippen LogP contribution is -2.27. The molecule has 0 unspecified atom stereocenters. The largest absolute Gasteiger partial charge is 0.456 e. The Morgan fingerprint density at radius 3 is 1.86 bits per heavy atom. The lowest BCUT2D eigenvalue weighted by molar-refractivity contribution is 0.452. The minimum atomic E-state index is -1.41. The van der Waals surface area contributed by atoms with Gasteiger partial charge in [-0.25, -0.2) is 0 Å². The van der Waals surface area contributed by atoms with Gasteiger partial charge in [-0.05, 0) is 19.6 Å². The number of hydrogen-bond acceptors (Lipinski definition) is 2. The molecule has 0 atom stereocenters. The van der Waals surface area contributed by atoms with E-state index in [0.717, 1.165) is 0 Å². The fourth-order valence-corrected chi connectivity index (χ4v) is 0.581. The maximum atomic E-state index is 8.21. The molecule has 0 saturated carbocycles. The van der Waals surface area contributed by atoms with Crippen LogP contribution in [0.25, 0.3) is 0 Å². The molecule has 0 aromatic carbocycles. The van der Waals surface area contributed by atoms with E-state index in [4.69, 9.17) is 9.37 Å². The van der Waals surface area contributed by atoms with Crippen molar-refractivity contribution in [1.82, 2.24) is 0 Å². The second-order valence-electron chi connectivity index (χ2n) is 2.39. The van der Waals surface area contributed by atoms with Crippen LogP contribution in [0.1, 0.15) is 0 Å². The molecule has 0 bridgehead atoms. The standard InChI is InChI=1S/C3H11BO2Si/c1-7(2,3)6-4-5/h4-5H,1-3H3. The quantitative estimate of drug-likeness (QED) is 0.521. The summed E-state index contributed by atoms with van der Waals surface area (Å²) in [5.74, 6) is 0. The van der Waals surface area contributed by atoms with Gasteiger partial charge in [0.2, 0.25) is 0 Å². The van der Waals surface area contributed by atoms with Gasteiger partial charge in [0.15, 0.2) is 8.32 Å². The van der Waals surface area contributed by atoms with E-state index in [1.54, 1.807) is 0 Å². The van der Waals surface area contributed by atoms with Crippen molar-refractivity contribution in [2.45, 2.75) is 19.6 Å². The van der Waals surface area contributed by atoms with Crippen LogP contribution in [0.3, 0.4) is 0 Å². The molecule has 0 aromatic rings. The highest BCUT2D eigenvalue weighted by atomic mass is 28.4. The van der Waals surface area contributed by atoms with Crippen molar-refractivity contribution in [3.05, 3.63) is 0 Å². The zero-order chi connectivity index (χ0) is 5.91. The molecule has 0 aliphatic heterocycles. The first-order valence-electron chi connectivity index (χ1n) is 2.31. The van der Waals surface area contributed by atoms with Crippen LogP contribution in [-0.2, 0) is 4.34 Å². The Labute approximate surface area is 45.9 Å². The summed E-state index contributed by atoms with van der Waals surface area (Å²) in [6.45, 7) is 6.09. The first-order chi connectivity index (χ1) is 3.06. The molecule has 0 aliphatic carbocycles. The van der Waals surface area contributed by atoms with E-state index < -0.39 is 8.32 Å². The molecule has 0 saturated heterocycles. The zero-order valence-corrected chi connectivity index (χ0v) is 6.06. The van der Waals surface area contributed by atoms with Crippen LogP contribution in [0, 0.1) is 0 Å². The minimum Gasteiger partial charge on any atom is -0.456 e. The summed E-state index contributed by atoms with van der Waals surface area (Å²) in [4.78, 5) is 0. The lowest BCUT2D eigenvalue weighted by Gasteiger charge is -2.13. The molecule has 0 rings (SSSR count). The van der Waals surface area contributed by atoms with E-state index in [-0.39, 0.29) is 7.69 Å². The molecule has 4 heteroatoms. The van der Waals surface area contributed by atoms with Crippen molar-refractivity contribution in [1.29, 1.82) is 0 Å². The van der Waals surface area contributed by atoms with Crippen LogP contribution >= 0.6 is 0 Å². The second kappa shape index (κ2) is 2.49. The Balaban J connectivity index is 3.15. The van der Waals surface area contributed by atoms with Gasteiger partial charge in [0, 0.05) is 0 Å². The normalized spacial score (nSPS) is 11.4. The zero-order valence-electron chi connectivity index (χ0n) is 5.06. The van der Waals surface area contributed by atoms with E-state index in [0.29, 0.717) is 0 Å². The van der Waals surface area contributed by atoms with E-state index in [1.807, 2.05) is 19.6 Å². The average Bonchev–Trinajstić information content (AvgIpc) is 1.30. The highest BCUT2D eigenvalue weighted by Gasteiger charge is 2.12. The third-order valence-electron chi connectivity index (χ3n) is 0.498. The van der Waals surface area contributed by atoms with Crippen LogP contribution in [0.2, 0.25) is 19.6 Å². The van der Waals surface area contributed by atoms with Gasteiger partial charge < -0.3 is 9.37 Å². The summed E-state index contributed by atoms with van der Waals surface area (Å²) in [5.41, 5.74) is 0.